The molecule has 6 nitrogen and oxygen atoms in total. The predicted octanol–water partition coefficient (Wildman–Crippen LogP) is 3.37. The van der Waals surface area contributed by atoms with Crippen molar-refractivity contribution < 1.29 is 4.52 Å². The standard InChI is InChI=1S/C20H18N4O2/c1-3-18-21-16-7-5-4-6-15(16)20(25)24(18)12-17-22-19(26-23-17)14-10-8-13(2)9-11-14/h4-11H,3,12H2,1-2H3. The van der Waals surface area contributed by atoms with Gasteiger partial charge in [0, 0.05) is 12.0 Å². The zero-order valence-corrected chi connectivity index (χ0v) is 14.6. The summed E-state index contributed by atoms with van der Waals surface area (Å²) in [6, 6.07) is 15.2. The van der Waals surface area contributed by atoms with Crippen LogP contribution in [-0.2, 0) is 13.0 Å². The molecule has 2 heterocycles. The molecule has 0 amide bonds. The van der Waals surface area contributed by atoms with Gasteiger partial charge in [-0.1, -0.05) is 41.9 Å². The molecule has 0 aliphatic carbocycles. The molecule has 2 aromatic heterocycles. The first-order valence-corrected chi connectivity index (χ1v) is 8.54. The Labute approximate surface area is 150 Å². The normalized spacial score (nSPS) is 11.2. The third-order valence-corrected chi connectivity index (χ3v) is 4.32. The quantitative estimate of drug-likeness (QED) is 0.566. The summed E-state index contributed by atoms with van der Waals surface area (Å²) in [7, 11) is 0. The van der Waals surface area contributed by atoms with Crippen molar-refractivity contribution in [2.45, 2.75) is 26.8 Å². The van der Waals surface area contributed by atoms with Crippen molar-refractivity contribution in [3.8, 4) is 11.5 Å². The van der Waals surface area contributed by atoms with Crippen LogP contribution in [0.25, 0.3) is 22.4 Å². The maximum absolute atomic E-state index is 12.9. The Balaban J connectivity index is 1.73. The van der Waals surface area contributed by atoms with E-state index in [1.165, 1.54) is 0 Å². The molecule has 6 heteroatoms. The van der Waals surface area contributed by atoms with E-state index >= 15 is 0 Å². The third kappa shape index (κ3) is 2.90. The number of hydrogen-bond donors (Lipinski definition) is 0. The predicted molar refractivity (Wildman–Crippen MR) is 99.0 cm³/mol. The number of nitrogens with zero attached hydrogens (tertiary/aromatic N) is 4. The first-order valence-electron chi connectivity index (χ1n) is 8.54. The van der Waals surface area contributed by atoms with Gasteiger partial charge in [-0.05, 0) is 31.2 Å². The van der Waals surface area contributed by atoms with Gasteiger partial charge in [0.1, 0.15) is 5.82 Å². The van der Waals surface area contributed by atoms with Gasteiger partial charge in [0.2, 0.25) is 0 Å². The molecule has 4 aromatic rings. The molecule has 0 unspecified atom stereocenters. The van der Waals surface area contributed by atoms with Crippen LogP contribution in [0.3, 0.4) is 0 Å². The molecule has 0 saturated carbocycles. The van der Waals surface area contributed by atoms with E-state index in [1.54, 1.807) is 10.6 Å². The molecule has 2 aromatic carbocycles. The number of rotatable bonds is 4. The van der Waals surface area contributed by atoms with Crippen LogP contribution in [0.4, 0.5) is 0 Å². The van der Waals surface area contributed by atoms with Gasteiger partial charge in [-0.25, -0.2) is 4.98 Å². The zero-order valence-electron chi connectivity index (χ0n) is 14.6. The van der Waals surface area contributed by atoms with Gasteiger partial charge < -0.3 is 4.52 Å². The molecule has 0 radical (unpaired) electrons. The Bertz CT molecular complexity index is 1130. The molecule has 0 fully saturated rings. The third-order valence-electron chi connectivity index (χ3n) is 4.32. The fourth-order valence-corrected chi connectivity index (χ4v) is 2.92. The first-order chi connectivity index (χ1) is 12.7. The highest BCUT2D eigenvalue weighted by Crippen LogP contribution is 2.18. The molecule has 0 aliphatic rings. The van der Waals surface area contributed by atoms with Gasteiger partial charge in [-0.15, -0.1) is 0 Å². The lowest BCUT2D eigenvalue weighted by Crippen LogP contribution is -2.26. The minimum Gasteiger partial charge on any atom is -0.334 e. The second kappa shape index (κ2) is 6.55. The van der Waals surface area contributed by atoms with E-state index in [9.17, 15) is 4.79 Å². The molecule has 0 N–H and O–H groups in total. The SMILES string of the molecule is CCc1nc2ccccc2c(=O)n1Cc1noc(-c2ccc(C)cc2)n1. The number of fused-ring (bicyclic) bond motifs is 1. The highest BCUT2D eigenvalue weighted by molar-refractivity contribution is 5.77. The molecule has 130 valence electrons. The molecule has 0 aliphatic heterocycles. The monoisotopic (exact) mass is 346 g/mol. The van der Waals surface area contributed by atoms with Crippen LogP contribution in [-0.4, -0.2) is 19.7 Å². The van der Waals surface area contributed by atoms with Crippen molar-refractivity contribution in [1.29, 1.82) is 0 Å². The fourth-order valence-electron chi connectivity index (χ4n) is 2.92. The summed E-state index contributed by atoms with van der Waals surface area (Å²) in [5, 5.41) is 4.62. The Hall–Kier alpha value is -3.28. The molecule has 4 rings (SSSR count). The zero-order chi connectivity index (χ0) is 18.1. The molecule has 0 atom stereocenters. The van der Waals surface area contributed by atoms with Crippen molar-refractivity contribution in [1.82, 2.24) is 19.7 Å². The van der Waals surface area contributed by atoms with Crippen molar-refractivity contribution in [3.63, 3.8) is 0 Å². The Morgan fingerprint density at radius 3 is 2.58 bits per heavy atom. The summed E-state index contributed by atoms with van der Waals surface area (Å²) in [6.07, 6.45) is 0.642. The summed E-state index contributed by atoms with van der Waals surface area (Å²) in [5.74, 6) is 1.60. The fraction of sp³-hybridized carbons (Fsp3) is 0.200. The summed E-state index contributed by atoms with van der Waals surface area (Å²) in [5.41, 5.74) is 2.64. The van der Waals surface area contributed by atoms with Crippen molar-refractivity contribution in [3.05, 3.63) is 76.1 Å². The minimum absolute atomic E-state index is 0.0888. The minimum atomic E-state index is -0.0888. The van der Waals surface area contributed by atoms with Gasteiger partial charge in [0.15, 0.2) is 5.82 Å². The Kier molecular flexibility index (Phi) is 4.08. The lowest BCUT2D eigenvalue weighted by atomic mass is 10.1. The van der Waals surface area contributed by atoms with Crippen molar-refractivity contribution >= 4 is 10.9 Å². The number of hydrogen-bond acceptors (Lipinski definition) is 5. The van der Waals surface area contributed by atoms with E-state index in [-0.39, 0.29) is 12.1 Å². The molecule has 0 saturated heterocycles. The van der Waals surface area contributed by atoms with E-state index in [2.05, 4.69) is 15.1 Å². The smallest absolute Gasteiger partial charge is 0.261 e. The van der Waals surface area contributed by atoms with E-state index in [4.69, 9.17) is 4.52 Å². The molecule has 0 spiro atoms. The number of aryl methyl sites for hydroxylation is 2. The van der Waals surface area contributed by atoms with Crippen LogP contribution in [0.5, 0.6) is 0 Å². The van der Waals surface area contributed by atoms with E-state index in [1.807, 2.05) is 56.3 Å². The second-order valence-electron chi connectivity index (χ2n) is 6.17. The maximum Gasteiger partial charge on any atom is 0.261 e. The van der Waals surface area contributed by atoms with Crippen LogP contribution >= 0.6 is 0 Å². The molecule has 0 bridgehead atoms. The van der Waals surface area contributed by atoms with Gasteiger partial charge >= 0.3 is 0 Å². The number of para-hydroxylation sites is 1. The summed E-state index contributed by atoms with van der Waals surface area (Å²) in [4.78, 5) is 21.9. The average molecular weight is 346 g/mol. The van der Waals surface area contributed by atoms with Gasteiger partial charge in [-0.3, -0.25) is 9.36 Å². The van der Waals surface area contributed by atoms with E-state index in [0.717, 1.165) is 11.1 Å². The molecular weight excluding hydrogens is 328 g/mol. The van der Waals surface area contributed by atoms with Gasteiger partial charge in [0.25, 0.3) is 11.4 Å². The van der Waals surface area contributed by atoms with Gasteiger partial charge in [-0.2, -0.15) is 4.98 Å². The number of aromatic nitrogens is 4. The van der Waals surface area contributed by atoms with E-state index < -0.39 is 0 Å². The molecular formula is C20H18N4O2. The second-order valence-corrected chi connectivity index (χ2v) is 6.17. The van der Waals surface area contributed by atoms with Crippen molar-refractivity contribution in [2.24, 2.45) is 0 Å². The summed E-state index contributed by atoms with van der Waals surface area (Å²) < 4.78 is 6.98. The average Bonchev–Trinajstić information content (AvgIpc) is 3.13. The Morgan fingerprint density at radius 2 is 1.81 bits per heavy atom. The first kappa shape index (κ1) is 16.2. The van der Waals surface area contributed by atoms with Crippen LogP contribution < -0.4 is 5.56 Å². The topological polar surface area (TPSA) is 73.8 Å². The Morgan fingerprint density at radius 1 is 1.04 bits per heavy atom. The molecule has 26 heavy (non-hydrogen) atoms. The van der Waals surface area contributed by atoms with Crippen molar-refractivity contribution in [2.75, 3.05) is 0 Å². The largest absolute Gasteiger partial charge is 0.334 e. The lowest BCUT2D eigenvalue weighted by Gasteiger charge is -2.10. The highest BCUT2D eigenvalue weighted by Gasteiger charge is 2.14. The summed E-state index contributed by atoms with van der Waals surface area (Å²) in [6.45, 7) is 4.23. The lowest BCUT2D eigenvalue weighted by molar-refractivity contribution is 0.419. The highest BCUT2D eigenvalue weighted by atomic mass is 16.5. The van der Waals surface area contributed by atoms with Crippen LogP contribution in [0.1, 0.15) is 24.1 Å². The summed E-state index contributed by atoms with van der Waals surface area (Å²) >= 11 is 0. The van der Waals surface area contributed by atoms with Gasteiger partial charge in [0.05, 0.1) is 17.4 Å². The number of benzene rings is 2. The van der Waals surface area contributed by atoms with Crippen LogP contribution in [0.2, 0.25) is 0 Å². The maximum atomic E-state index is 12.9. The van der Waals surface area contributed by atoms with E-state index in [0.29, 0.717) is 34.9 Å². The van der Waals surface area contributed by atoms with Crippen LogP contribution in [0, 0.1) is 6.92 Å². The van der Waals surface area contributed by atoms with Crippen LogP contribution in [0.15, 0.2) is 57.8 Å².